The molecule has 30 heavy (non-hydrogen) atoms. The quantitative estimate of drug-likeness (QED) is 0.632. The number of benzene rings is 2. The molecule has 2 N–H and O–H groups in total. The summed E-state index contributed by atoms with van der Waals surface area (Å²) in [6.45, 7) is 0. The second kappa shape index (κ2) is 7.90. The van der Waals surface area contributed by atoms with Crippen molar-refractivity contribution in [3.63, 3.8) is 0 Å². The van der Waals surface area contributed by atoms with E-state index in [-0.39, 0.29) is 17.7 Å². The molecule has 1 atom stereocenters. The molecule has 5 rings (SSSR count). The molecular formula is C25H26N3O2+. The third-order valence-corrected chi connectivity index (χ3v) is 6.27. The summed E-state index contributed by atoms with van der Waals surface area (Å²) in [7, 11) is 0. The van der Waals surface area contributed by atoms with E-state index < -0.39 is 0 Å². The summed E-state index contributed by atoms with van der Waals surface area (Å²) >= 11 is 0. The third-order valence-electron chi connectivity index (χ3n) is 6.27. The molecule has 0 bridgehead atoms. The summed E-state index contributed by atoms with van der Waals surface area (Å²) in [5, 5.41) is 13.1. The lowest BCUT2D eigenvalue weighted by atomic mass is 10.0. The largest absolute Gasteiger partial charge is 0.508 e. The minimum Gasteiger partial charge on any atom is -0.508 e. The number of phenolic OH excluding ortho intramolecular Hbond substituents is 1. The molecule has 5 nitrogen and oxygen atoms in total. The van der Waals surface area contributed by atoms with Gasteiger partial charge in [0.2, 0.25) is 0 Å². The zero-order chi connectivity index (χ0) is 20.5. The first-order valence-electron chi connectivity index (χ1n) is 10.8. The highest BCUT2D eigenvalue weighted by Crippen LogP contribution is 2.31. The Labute approximate surface area is 176 Å². The minimum atomic E-state index is -0.286. The lowest BCUT2D eigenvalue weighted by molar-refractivity contribution is -0.552. The van der Waals surface area contributed by atoms with Crippen LogP contribution in [0.5, 0.6) is 5.75 Å². The SMILES string of the molecule is O=C1C(Cc2ccccc2)Nc2c(CC3CCCC3)nc(-c3ccc(O)cc3)c[n+]21. The molecule has 0 spiro atoms. The van der Waals surface area contributed by atoms with E-state index >= 15 is 0 Å². The fourth-order valence-corrected chi connectivity index (χ4v) is 4.66. The van der Waals surface area contributed by atoms with Gasteiger partial charge in [0.25, 0.3) is 0 Å². The van der Waals surface area contributed by atoms with E-state index in [1.54, 1.807) is 16.7 Å². The standard InChI is InChI=1S/C25H25N3O2/c29-20-12-10-19(11-13-20)23-16-28-24(21(26-23)14-17-8-4-5-9-17)27-22(25(28)30)15-18-6-2-1-3-7-18/h1-3,6-7,10-13,16-17,22,29H,4-5,8-9,14-15H2/p+1. The van der Waals surface area contributed by atoms with Gasteiger partial charge in [-0.05, 0) is 35.7 Å². The highest BCUT2D eigenvalue weighted by molar-refractivity contribution is 5.82. The number of carbonyl (C=O) groups excluding carboxylic acids is 1. The van der Waals surface area contributed by atoms with Crippen LogP contribution >= 0.6 is 0 Å². The summed E-state index contributed by atoms with van der Waals surface area (Å²) in [5.41, 5.74) is 3.77. The van der Waals surface area contributed by atoms with E-state index in [9.17, 15) is 9.90 Å². The van der Waals surface area contributed by atoms with Gasteiger partial charge in [0.05, 0.1) is 0 Å². The molecule has 5 heteroatoms. The number of nitrogens with one attached hydrogen (secondary N) is 1. The molecule has 2 aliphatic rings. The molecule has 152 valence electrons. The average Bonchev–Trinajstić information content (AvgIpc) is 3.38. The van der Waals surface area contributed by atoms with Crippen molar-refractivity contribution in [2.24, 2.45) is 5.92 Å². The van der Waals surface area contributed by atoms with Crippen LogP contribution in [0.25, 0.3) is 11.3 Å². The molecule has 1 aliphatic carbocycles. The van der Waals surface area contributed by atoms with E-state index in [4.69, 9.17) is 4.98 Å². The van der Waals surface area contributed by atoms with Crippen LogP contribution in [0.3, 0.4) is 0 Å². The fraction of sp³-hybridized carbons (Fsp3) is 0.320. The maximum atomic E-state index is 13.3. The fourth-order valence-electron chi connectivity index (χ4n) is 4.66. The second-order valence-electron chi connectivity index (χ2n) is 8.42. The number of rotatable bonds is 5. The lowest BCUT2D eigenvalue weighted by Crippen LogP contribution is -2.44. The van der Waals surface area contributed by atoms with E-state index in [0.29, 0.717) is 12.3 Å². The molecule has 1 saturated carbocycles. The van der Waals surface area contributed by atoms with E-state index in [2.05, 4.69) is 17.4 Å². The van der Waals surface area contributed by atoms with Gasteiger partial charge in [0.15, 0.2) is 6.04 Å². The monoisotopic (exact) mass is 400 g/mol. The van der Waals surface area contributed by atoms with Crippen LogP contribution in [0.4, 0.5) is 5.82 Å². The number of phenols is 1. The number of hydrogen-bond donors (Lipinski definition) is 2. The van der Waals surface area contributed by atoms with E-state index in [1.165, 1.54) is 25.7 Å². The Morgan fingerprint density at radius 2 is 1.73 bits per heavy atom. The van der Waals surface area contributed by atoms with Crippen molar-refractivity contribution in [1.82, 2.24) is 4.98 Å². The van der Waals surface area contributed by atoms with Crippen LogP contribution in [0.15, 0.2) is 60.8 Å². The van der Waals surface area contributed by atoms with Gasteiger partial charge in [-0.15, -0.1) is 0 Å². The Morgan fingerprint density at radius 3 is 2.47 bits per heavy atom. The molecule has 0 saturated heterocycles. The summed E-state index contributed by atoms with van der Waals surface area (Å²) in [6.07, 6.45) is 8.39. The number of carbonyl (C=O) groups is 1. The van der Waals surface area contributed by atoms with Gasteiger partial charge in [-0.1, -0.05) is 56.0 Å². The summed E-state index contributed by atoms with van der Waals surface area (Å²) in [6, 6.07) is 16.8. The van der Waals surface area contributed by atoms with Gasteiger partial charge in [-0.3, -0.25) is 5.32 Å². The zero-order valence-electron chi connectivity index (χ0n) is 16.9. The van der Waals surface area contributed by atoms with Crippen molar-refractivity contribution in [2.45, 2.75) is 44.6 Å². The maximum Gasteiger partial charge on any atom is 0.359 e. The molecular weight excluding hydrogens is 374 g/mol. The number of aromatic nitrogens is 2. The molecule has 2 heterocycles. The van der Waals surface area contributed by atoms with Gasteiger partial charge in [0, 0.05) is 18.4 Å². The number of hydrogen-bond acceptors (Lipinski definition) is 4. The normalized spacial score (nSPS) is 18.4. The van der Waals surface area contributed by atoms with E-state index in [1.807, 2.05) is 36.5 Å². The number of aromatic hydroxyl groups is 1. The summed E-state index contributed by atoms with van der Waals surface area (Å²) < 4.78 is 1.76. The highest BCUT2D eigenvalue weighted by atomic mass is 16.3. The first kappa shape index (κ1) is 18.8. The second-order valence-corrected chi connectivity index (χ2v) is 8.42. The average molecular weight is 401 g/mol. The number of fused-ring (bicyclic) bond motifs is 1. The predicted molar refractivity (Wildman–Crippen MR) is 115 cm³/mol. The Bertz CT molecular complexity index is 1060. The molecule has 2 aromatic carbocycles. The topological polar surface area (TPSA) is 66.1 Å². The maximum absolute atomic E-state index is 13.3. The molecule has 3 aromatic rings. The van der Waals surface area contributed by atoms with Crippen molar-refractivity contribution < 1.29 is 14.5 Å². The number of nitrogens with zero attached hydrogens (tertiary/aromatic N) is 2. The predicted octanol–water partition coefficient (Wildman–Crippen LogP) is 4.15. The highest BCUT2D eigenvalue weighted by Gasteiger charge is 2.41. The molecule has 1 fully saturated rings. The zero-order valence-corrected chi connectivity index (χ0v) is 16.9. The Balaban J connectivity index is 1.51. The smallest absolute Gasteiger partial charge is 0.359 e. The van der Waals surface area contributed by atoms with Crippen LogP contribution in [0.2, 0.25) is 0 Å². The van der Waals surface area contributed by atoms with Gasteiger partial charge in [-0.25, -0.2) is 9.78 Å². The van der Waals surface area contributed by atoms with Gasteiger partial charge in [0.1, 0.15) is 23.3 Å². The van der Waals surface area contributed by atoms with Crippen molar-refractivity contribution in [3.8, 4) is 17.0 Å². The van der Waals surface area contributed by atoms with Gasteiger partial charge < -0.3 is 5.11 Å². The van der Waals surface area contributed by atoms with Crippen molar-refractivity contribution in [1.29, 1.82) is 0 Å². The van der Waals surface area contributed by atoms with E-state index in [0.717, 1.165) is 34.8 Å². The van der Waals surface area contributed by atoms with Crippen molar-refractivity contribution >= 4 is 11.7 Å². The first-order valence-corrected chi connectivity index (χ1v) is 10.8. The van der Waals surface area contributed by atoms with Crippen LogP contribution in [0, 0.1) is 5.92 Å². The third kappa shape index (κ3) is 3.67. The molecule has 1 aliphatic heterocycles. The molecule has 0 radical (unpaired) electrons. The van der Waals surface area contributed by atoms with Crippen LogP contribution in [-0.2, 0) is 12.8 Å². The minimum absolute atomic E-state index is 0.0592. The van der Waals surface area contributed by atoms with Crippen LogP contribution in [-0.4, -0.2) is 22.0 Å². The van der Waals surface area contributed by atoms with Gasteiger partial charge >= 0.3 is 11.7 Å². The Hall–Kier alpha value is -3.21. The van der Waals surface area contributed by atoms with Gasteiger partial charge in [-0.2, -0.15) is 4.57 Å². The summed E-state index contributed by atoms with van der Waals surface area (Å²) in [4.78, 5) is 18.2. The van der Waals surface area contributed by atoms with Crippen LogP contribution < -0.4 is 9.88 Å². The van der Waals surface area contributed by atoms with Crippen molar-refractivity contribution in [3.05, 3.63) is 72.1 Å². The molecule has 1 aromatic heterocycles. The van der Waals surface area contributed by atoms with Crippen LogP contribution in [0.1, 0.15) is 41.7 Å². The molecule has 1 unspecified atom stereocenters. The molecule has 0 amide bonds. The Kier molecular flexibility index (Phi) is 4.95. The Morgan fingerprint density at radius 1 is 1.00 bits per heavy atom. The van der Waals surface area contributed by atoms with Crippen molar-refractivity contribution in [2.75, 3.05) is 5.32 Å². The first-order chi connectivity index (χ1) is 14.7. The lowest BCUT2D eigenvalue weighted by Gasteiger charge is -2.11. The summed E-state index contributed by atoms with van der Waals surface area (Å²) in [5.74, 6) is 1.75. The number of anilines is 1.